The molecule has 2 aromatic rings. The first-order valence-corrected chi connectivity index (χ1v) is 9.99. The molecular formula is C21H26N4O7. The summed E-state index contributed by atoms with van der Waals surface area (Å²) in [5.41, 5.74) is 0.698. The number of carbonyl (C=O) groups is 3. The molecule has 2 heterocycles. The molecular weight excluding hydrogens is 420 g/mol. The highest BCUT2D eigenvalue weighted by atomic mass is 16.7. The highest BCUT2D eigenvalue weighted by molar-refractivity contribution is 5.90. The van der Waals surface area contributed by atoms with E-state index in [0.717, 1.165) is 5.39 Å². The predicted octanol–water partition coefficient (Wildman–Crippen LogP) is 1.26. The number of para-hydroxylation sites is 1. The van der Waals surface area contributed by atoms with Gasteiger partial charge in [0.05, 0.1) is 5.52 Å². The molecule has 32 heavy (non-hydrogen) atoms. The van der Waals surface area contributed by atoms with Gasteiger partial charge in [-0.25, -0.2) is 4.98 Å². The lowest BCUT2D eigenvalue weighted by Crippen LogP contribution is -2.43. The number of hydrogen-bond acceptors (Lipinski definition) is 11. The third kappa shape index (κ3) is 5.41. The molecule has 0 aliphatic carbocycles. The lowest BCUT2D eigenvalue weighted by Gasteiger charge is -2.24. The van der Waals surface area contributed by atoms with Crippen LogP contribution in [0.4, 0.5) is 11.8 Å². The van der Waals surface area contributed by atoms with Crippen molar-refractivity contribution in [1.29, 1.82) is 0 Å². The van der Waals surface area contributed by atoms with Gasteiger partial charge in [-0.15, -0.1) is 0 Å². The van der Waals surface area contributed by atoms with E-state index in [1.807, 2.05) is 43.3 Å². The normalized spacial score (nSPS) is 22.3. The van der Waals surface area contributed by atoms with Crippen molar-refractivity contribution in [2.45, 2.75) is 45.3 Å². The molecule has 172 valence electrons. The number of fused-ring (bicyclic) bond motifs is 1. The number of aromatic nitrogens is 2. The number of nitrogens with zero attached hydrogens (tertiary/aromatic N) is 3. The van der Waals surface area contributed by atoms with Crippen molar-refractivity contribution in [1.82, 2.24) is 9.97 Å². The predicted molar refractivity (Wildman–Crippen MR) is 114 cm³/mol. The van der Waals surface area contributed by atoms with Gasteiger partial charge in [0.25, 0.3) is 0 Å². The molecule has 3 rings (SSSR count). The molecule has 1 N–H and O–H groups in total. The number of hydrogen-bond donors (Lipinski definition) is 1. The molecule has 0 spiro atoms. The van der Waals surface area contributed by atoms with Crippen LogP contribution in [0.25, 0.3) is 10.9 Å². The molecule has 0 unspecified atom stereocenters. The van der Waals surface area contributed by atoms with E-state index < -0.39 is 42.4 Å². The van der Waals surface area contributed by atoms with Crippen LogP contribution in [0, 0.1) is 0 Å². The zero-order valence-corrected chi connectivity index (χ0v) is 18.5. The number of ether oxygens (including phenoxy) is 4. The summed E-state index contributed by atoms with van der Waals surface area (Å²) < 4.78 is 21.7. The maximum Gasteiger partial charge on any atom is 0.303 e. The standard InChI is InChI=1S/C21H26N4O7/c1-11(26)29-10-16-17(30-12(2)27)18(31-13(3)28)20(32-16)24-21-22-15-9-7-6-8-14(15)19(23-21)25(4)5/h6-9,16-18,20H,10H2,1-5H3,(H,22,23,24)/t16-,17-,18-,20-/m1/s1. The summed E-state index contributed by atoms with van der Waals surface area (Å²) in [6, 6.07) is 7.51. The average Bonchev–Trinajstić information content (AvgIpc) is 3.00. The molecule has 0 amide bonds. The number of esters is 3. The maximum absolute atomic E-state index is 11.8. The van der Waals surface area contributed by atoms with Gasteiger partial charge in [0.2, 0.25) is 5.95 Å². The molecule has 11 nitrogen and oxygen atoms in total. The van der Waals surface area contributed by atoms with Gasteiger partial charge in [0.15, 0.2) is 18.4 Å². The molecule has 0 bridgehead atoms. The van der Waals surface area contributed by atoms with E-state index >= 15 is 0 Å². The van der Waals surface area contributed by atoms with E-state index in [0.29, 0.717) is 11.3 Å². The van der Waals surface area contributed by atoms with E-state index in [-0.39, 0.29) is 12.6 Å². The van der Waals surface area contributed by atoms with Crippen molar-refractivity contribution >= 4 is 40.6 Å². The SMILES string of the molecule is CC(=O)OC[C@H]1O[C@@H](Nc2nc(N(C)C)c3ccccc3n2)[C@H](OC(C)=O)[C@@H]1OC(C)=O. The lowest BCUT2D eigenvalue weighted by molar-refractivity contribution is -0.165. The zero-order valence-electron chi connectivity index (χ0n) is 18.5. The Hall–Kier alpha value is -3.47. The third-order valence-electron chi connectivity index (χ3n) is 4.64. The summed E-state index contributed by atoms with van der Waals surface area (Å²) in [4.78, 5) is 45.6. The second-order valence-corrected chi connectivity index (χ2v) is 7.47. The van der Waals surface area contributed by atoms with Crippen LogP contribution in [0.1, 0.15) is 20.8 Å². The fraction of sp³-hybridized carbons (Fsp3) is 0.476. The van der Waals surface area contributed by atoms with E-state index in [9.17, 15) is 14.4 Å². The molecule has 1 aromatic heterocycles. The largest absolute Gasteiger partial charge is 0.463 e. The first-order chi connectivity index (χ1) is 15.2. The van der Waals surface area contributed by atoms with Gasteiger partial charge in [-0.2, -0.15) is 4.98 Å². The van der Waals surface area contributed by atoms with Crippen LogP contribution in [-0.4, -0.2) is 73.1 Å². The van der Waals surface area contributed by atoms with Crippen molar-refractivity contribution in [3.8, 4) is 0 Å². The van der Waals surface area contributed by atoms with Crippen molar-refractivity contribution in [2.24, 2.45) is 0 Å². The minimum atomic E-state index is -1.02. The lowest BCUT2D eigenvalue weighted by atomic mass is 10.1. The third-order valence-corrected chi connectivity index (χ3v) is 4.64. The summed E-state index contributed by atoms with van der Waals surface area (Å²) >= 11 is 0. The molecule has 1 aliphatic rings. The molecule has 1 aliphatic heterocycles. The van der Waals surface area contributed by atoms with Gasteiger partial charge in [0, 0.05) is 40.3 Å². The van der Waals surface area contributed by atoms with Crippen LogP contribution < -0.4 is 10.2 Å². The molecule has 4 atom stereocenters. The van der Waals surface area contributed by atoms with Gasteiger partial charge in [-0.1, -0.05) is 12.1 Å². The van der Waals surface area contributed by atoms with Crippen LogP contribution in [0.5, 0.6) is 0 Å². The molecule has 1 aromatic carbocycles. The minimum Gasteiger partial charge on any atom is -0.463 e. The van der Waals surface area contributed by atoms with Gasteiger partial charge in [0.1, 0.15) is 18.5 Å². The zero-order chi connectivity index (χ0) is 23.4. The van der Waals surface area contributed by atoms with Gasteiger partial charge in [-0.05, 0) is 12.1 Å². The van der Waals surface area contributed by atoms with Crippen molar-refractivity contribution in [3.05, 3.63) is 24.3 Å². The second-order valence-electron chi connectivity index (χ2n) is 7.47. The monoisotopic (exact) mass is 446 g/mol. The Bertz CT molecular complexity index is 1010. The Labute approximate surface area is 185 Å². The average molecular weight is 446 g/mol. The van der Waals surface area contributed by atoms with E-state index in [4.69, 9.17) is 18.9 Å². The van der Waals surface area contributed by atoms with E-state index in [1.165, 1.54) is 20.8 Å². The topological polar surface area (TPSA) is 129 Å². The fourth-order valence-corrected chi connectivity index (χ4v) is 3.42. The molecule has 11 heteroatoms. The van der Waals surface area contributed by atoms with Crippen molar-refractivity contribution < 1.29 is 33.3 Å². The van der Waals surface area contributed by atoms with Crippen LogP contribution in [0.15, 0.2) is 24.3 Å². The highest BCUT2D eigenvalue weighted by Gasteiger charge is 2.50. The van der Waals surface area contributed by atoms with Gasteiger partial charge < -0.3 is 29.2 Å². The van der Waals surface area contributed by atoms with E-state index in [2.05, 4.69) is 15.3 Å². The number of carbonyl (C=O) groups excluding carboxylic acids is 3. The summed E-state index contributed by atoms with van der Waals surface area (Å²) in [6.07, 6.45) is -3.84. The molecule has 1 saturated heterocycles. The molecule has 0 radical (unpaired) electrons. The van der Waals surface area contributed by atoms with Crippen LogP contribution in [-0.2, 0) is 33.3 Å². The first-order valence-electron chi connectivity index (χ1n) is 9.99. The smallest absolute Gasteiger partial charge is 0.303 e. The highest BCUT2D eigenvalue weighted by Crippen LogP contribution is 2.30. The summed E-state index contributed by atoms with van der Waals surface area (Å²) in [7, 11) is 3.72. The Morgan fingerprint density at radius 3 is 2.28 bits per heavy atom. The van der Waals surface area contributed by atoms with E-state index in [1.54, 1.807) is 0 Å². The van der Waals surface area contributed by atoms with Crippen molar-refractivity contribution in [2.75, 3.05) is 30.9 Å². The van der Waals surface area contributed by atoms with Gasteiger partial charge >= 0.3 is 17.9 Å². The Kier molecular flexibility index (Phi) is 7.08. The number of benzene rings is 1. The first kappa shape index (κ1) is 23.2. The van der Waals surface area contributed by atoms with Crippen LogP contribution in [0.2, 0.25) is 0 Å². The maximum atomic E-state index is 11.8. The number of rotatable bonds is 7. The Balaban J connectivity index is 1.94. The Morgan fingerprint density at radius 1 is 1.00 bits per heavy atom. The summed E-state index contributed by atoms with van der Waals surface area (Å²) in [5, 5.41) is 3.88. The number of nitrogens with one attached hydrogen (secondary N) is 1. The summed E-state index contributed by atoms with van der Waals surface area (Å²) in [5.74, 6) is -0.813. The minimum absolute atomic E-state index is 0.190. The second kappa shape index (κ2) is 9.77. The fourth-order valence-electron chi connectivity index (χ4n) is 3.42. The summed E-state index contributed by atoms with van der Waals surface area (Å²) in [6.45, 7) is 3.52. The van der Waals surface area contributed by atoms with Crippen molar-refractivity contribution in [3.63, 3.8) is 0 Å². The Morgan fingerprint density at radius 2 is 1.66 bits per heavy atom. The quantitative estimate of drug-likeness (QED) is 0.487. The van der Waals surface area contributed by atoms with Crippen LogP contribution >= 0.6 is 0 Å². The van der Waals surface area contributed by atoms with Gasteiger partial charge in [-0.3, -0.25) is 14.4 Å². The number of anilines is 2. The van der Waals surface area contributed by atoms with Crippen LogP contribution in [0.3, 0.4) is 0 Å². The molecule has 0 saturated carbocycles. The molecule has 1 fully saturated rings.